The van der Waals surface area contributed by atoms with Gasteiger partial charge in [-0.15, -0.1) is 10.2 Å². The molecule has 4 heteroatoms. The average molecular weight is 257 g/mol. The van der Waals surface area contributed by atoms with Crippen molar-refractivity contribution in [3.05, 3.63) is 35.4 Å². The van der Waals surface area contributed by atoms with Gasteiger partial charge in [0.15, 0.2) is 0 Å². The summed E-state index contributed by atoms with van der Waals surface area (Å²) in [5.74, 6) is 1.70. The maximum Gasteiger partial charge on any atom is 0.148 e. The van der Waals surface area contributed by atoms with Crippen molar-refractivity contribution in [2.45, 2.75) is 20.8 Å². The summed E-state index contributed by atoms with van der Waals surface area (Å²) in [5.41, 5.74) is 4.28. The maximum atomic E-state index is 5.32. The Morgan fingerprint density at radius 2 is 1.84 bits per heavy atom. The average Bonchev–Trinajstić information content (AvgIpc) is 2.43. The minimum atomic E-state index is 0.800. The van der Waals surface area contributed by atoms with Crippen LogP contribution in [0.3, 0.4) is 0 Å². The molecule has 0 saturated heterocycles. The van der Waals surface area contributed by atoms with E-state index in [9.17, 15) is 0 Å². The number of hydrogen-bond acceptors (Lipinski definition) is 4. The predicted molar refractivity (Wildman–Crippen MR) is 77.7 cm³/mol. The SMILES string of the molecule is CCNc1ccc(-c2ccc(OC)c(C)c2C)nn1. The summed E-state index contributed by atoms with van der Waals surface area (Å²) in [5, 5.41) is 11.6. The molecule has 1 aromatic heterocycles. The van der Waals surface area contributed by atoms with Crippen molar-refractivity contribution in [2.75, 3.05) is 19.0 Å². The Morgan fingerprint density at radius 1 is 1.05 bits per heavy atom. The number of anilines is 1. The van der Waals surface area contributed by atoms with Crippen LogP contribution in [0.2, 0.25) is 0 Å². The van der Waals surface area contributed by atoms with Gasteiger partial charge in [-0.25, -0.2) is 0 Å². The van der Waals surface area contributed by atoms with Crippen LogP contribution >= 0.6 is 0 Å². The fourth-order valence-corrected chi connectivity index (χ4v) is 2.05. The van der Waals surface area contributed by atoms with E-state index in [2.05, 4.69) is 29.4 Å². The molecule has 0 fully saturated rings. The molecule has 0 aliphatic carbocycles. The Labute approximate surface area is 113 Å². The van der Waals surface area contributed by atoms with Crippen LogP contribution in [0.5, 0.6) is 5.75 Å². The van der Waals surface area contributed by atoms with Crippen molar-refractivity contribution in [3.63, 3.8) is 0 Å². The summed E-state index contributed by atoms with van der Waals surface area (Å²) in [6, 6.07) is 7.93. The third-order valence-electron chi connectivity index (χ3n) is 3.26. The third-order valence-corrected chi connectivity index (χ3v) is 3.26. The molecule has 2 aromatic rings. The second kappa shape index (κ2) is 5.69. The standard InChI is InChI=1S/C15H19N3O/c1-5-16-15-9-7-13(17-18-15)12-6-8-14(19-4)11(3)10(12)2/h6-9H,5H2,1-4H3,(H,16,18). The zero-order valence-electron chi connectivity index (χ0n) is 11.8. The summed E-state index contributed by atoms with van der Waals surface area (Å²) < 4.78 is 5.32. The smallest absolute Gasteiger partial charge is 0.148 e. The molecule has 1 aromatic carbocycles. The van der Waals surface area contributed by atoms with Crippen molar-refractivity contribution >= 4 is 5.82 Å². The highest BCUT2D eigenvalue weighted by Crippen LogP contribution is 2.29. The molecule has 0 spiro atoms. The molecule has 0 aliphatic heterocycles. The van der Waals surface area contributed by atoms with Crippen LogP contribution in [-0.2, 0) is 0 Å². The van der Waals surface area contributed by atoms with Gasteiger partial charge in [0.1, 0.15) is 11.6 Å². The molecule has 0 unspecified atom stereocenters. The van der Waals surface area contributed by atoms with Crippen LogP contribution < -0.4 is 10.1 Å². The van der Waals surface area contributed by atoms with Crippen LogP contribution in [-0.4, -0.2) is 23.9 Å². The van der Waals surface area contributed by atoms with Gasteiger partial charge < -0.3 is 10.1 Å². The van der Waals surface area contributed by atoms with Gasteiger partial charge in [-0.3, -0.25) is 0 Å². The van der Waals surface area contributed by atoms with E-state index >= 15 is 0 Å². The zero-order valence-corrected chi connectivity index (χ0v) is 11.8. The van der Waals surface area contributed by atoms with Crippen LogP contribution in [0, 0.1) is 13.8 Å². The van der Waals surface area contributed by atoms with Crippen LogP contribution in [0.1, 0.15) is 18.1 Å². The number of rotatable bonds is 4. The lowest BCUT2D eigenvalue weighted by molar-refractivity contribution is 0.411. The summed E-state index contributed by atoms with van der Waals surface area (Å²) in [4.78, 5) is 0. The molecule has 0 bridgehead atoms. The molecule has 2 rings (SSSR count). The molecular weight excluding hydrogens is 238 g/mol. The zero-order chi connectivity index (χ0) is 13.8. The Hall–Kier alpha value is -2.10. The van der Waals surface area contributed by atoms with Gasteiger partial charge in [0.05, 0.1) is 12.8 Å². The Kier molecular flexibility index (Phi) is 4.00. The van der Waals surface area contributed by atoms with E-state index in [0.717, 1.165) is 34.9 Å². The van der Waals surface area contributed by atoms with Crippen molar-refractivity contribution in [1.29, 1.82) is 0 Å². The number of ether oxygens (including phenoxy) is 1. The van der Waals surface area contributed by atoms with Gasteiger partial charge in [-0.05, 0) is 56.2 Å². The highest BCUT2D eigenvalue weighted by molar-refractivity contribution is 5.67. The fourth-order valence-electron chi connectivity index (χ4n) is 2.05. The van der Waals surface area contributed by atoms with Crippen LogP contribution in [0.25, 0.3) is 11.3 Å². The lowest BCUT2D eigenvalue weighted by Gasteiger charge is -2.12. The molecule has 100 valence electrons. The summed E-state index contributed by atoms with van der Waals surface area (Å²) >= 11 is 0. The topological polar surface area (TPSA) is 47.0 Å². The largest absolute Gasteiger partial charge is 0.496 e. The lowest BCUT2D eigenvalue weighted by atomic mass is 10.00. The number of hydrogen-bond donors (Lipinski definition) is 1. The Bertz CT molecular complexity index is 564. The van der Waals surface area contributed by atoms with E-state index in [0.29, 0.717) is 0 Å². The number of nitrogens with zero attached hydrogens (tertiary/aromatic N) is 2. The van der Waals surface area contributed by atoms with Gasteiger partial charge in [-0.1, -0.05) is 0 Å². The molecule has 0 atom stereocenters. The Balaban J connectivity index is 2.39. The highest BCUT2D eigenvalue weighted by Gasteiger charge is 2.09. The molecule has 0 saturated carbocycles. The number of aromatic nitrogens is 2. The molecule has 0 aliphatic rings. The molecule has 0 radical (unpaired) electrons. The van der Waals surface area contributed by atoms with Crippen LogP contribution in [0.15, 0.2) is 24.3 Å². The first kappa shape index (κ1) is 13.3. The maximum absolute atomic E-state index is 5.32. The number of nitrogens with one attached hydrogen (secondary N) is 1. The quantitative estimate of drug-likeness (QED) is 0.913. The van der Waals surface area contributed by atoms with E-state index in [-0.39, 0.29) is 0 Å². The molecule has 19 heavy (non-hydrogen) atoms. The first-order valence-corrected chi connectivity index (χ1v) is 6.39. The molecule has 4 nitrogen and oxygen atoms in total. The summed E-state index contributed by atoms with van der Waals surface area (Å²) in [7, 11) is 1.69. The molecule has 1 heterocycles. The molecule has 0 amide bonds. The number of methoxy groups -OCH3 is 1. The molecular formula is C15H19N3O. The van der Waals surface area contributed by atoms with E-state index in [1.807, 2.05) is 31.2 Å². The van der Waals surface area contributed by atoms with Gasteiger partial charge in [-0.2, -0.15) is 0 Å². The van der Waals surface area contributed by atoms with E-state index in [4.69, 9.17) is 4.74 Å². The van der Waals surface area contributed by atoms with E-state index in [1.165, 1.54) is 5.56 Å². The van der Waals surface area contributed by atoms with E-state index < -0.39 is 0 Å². The normalized spacial score (nSPS) is 10.3. The number of benzene rings is 1. The highest BCUT2D eigenvalue weighted by atomic mass is 16.5. The van der Waals surface area contributed by atoms with Gasteiger partial charge in [0, 0.05) is 12.1 Å². The van der Waals surface area contributed by atoms with Crippen LogP contribution in [0.4, 0.5) is 5.82 Å². The fraction of sp³-hybridized carbons (Fsp3) is 0.333. The van der Waals surface area contributed by atoms with Crippen molar-refractivity contribution in [3.8, 4) is 17.0 Å². The molecule has 1 N–H and O–H groups in total. The first-order chi connectivity index (χ1) is 9.17. The van der Waals surface area contributed by atoms with E-state index in [1.54, 1.807) is 7.11 Å². The summed E-state index contributed by atoms with van der Waals surface area (Å²) in [6.45, 7) is 7.01. The second-order valence-electron chi connectivity index (χ2n) is 4.40. The summed E-state index contributed by atoms with van der Waals surface area (Å²) in [6.07, 6.45) is 0. The van der Waals surface area contributed by atoms with Crippen molar-refractivity contribution in [1.82, 2.24) is 10.2 Å². The third kappa shape index (κ3) is 2.67. The minimum Gasteiger partial charge on any atom is -0.496 e. The monoisotopic (exact) mass is 257 g/mol. The van der Waals surface area contributed by atoms with Crippen molar-refractivity contribution < 1.29 is 4.74 Å². The van der Waals surface area contributed by atoms with Gasteiger partial charge in [0.2, 0.25) is 0 Å². The van der Waals surface area contributed by atoms with Gasteiger partial charge >= 0.3 is 0 Å². The second-order valence-corrected chi connectivity index (χ2v) is 4.40. The van der Waals surface area contributed by atoms with Crippen molar-refractivity contribution in [2.24, 2.45) is 0 Å². The first-order valence-electron chi connectivity index (χ1n) is 6.39. The lowest BCUT2D eigenvalue weighted by Crippen LogP contribution is -2.01. The minimum absolute atomic E-state index is 0.800. The Morgan fingerprint density at radius 3 is 2.42 bits per heavy atom. The van der Waals surface area contributed by atoms with Gasteiger partial charge in [0.25, 0.3) is 0 Å². The predicted octanol–water partition coefficient (Wildman–Crippen LogP) is 3.20.